The summed E-state index contributed by atoms with van der Waals surface area (Å²) in [6, 6.07) is -0.698. The number of carbonyl (C=O) groups is 2. The molecule has 2 amide bonds. The standard InChI is InChI=1S/C17H25N7O2S/c1-17(2,3)13(15(20)26)22-10-7-21-12(14(19)25)16(23-10)24-11(27)6-9(18)8-4-5-8/h6-8,13H,4-5,18H2,1-3H3,(H2,19,25)(H2,20,26)(H2,22,23,24,27)/p+1/b9-6-/t13-/m0/s1. The number of rotatable bonds is 7. The molecule has 2 rings (SSSR count). The second-order valence-electron chi connectivity index (χ2n) is 7.55. The Morgan fingerprint density at radius 3 is 2.44 bits per heavy atom. The van der Waals surface area contributed by atoms with Crippen molar-refractivity contribution >= 4 is 41.1 Å². The van der Waals surface area contributed by atoms with Crippen LogP contribution in [0.15, 0.2) is 23.0 Å². The van der Waals surface area contributed by atoms with Crippen LogP contribution < -0.4 is 22.5 Å². The van der Waals surface area contributed by atoms with Crippen molar-refractivity contribution in [1.29, 1.82) is 0 Å². The maximum atomic E-state index is 11.8. The van der Waals surface area contributed by atoms with Crippen LogP contribution in [0.1, 0.15) is 44.1 Å². The van der Waals surface area contributed by atoms with E-state index in [2.05, 4.69) is 32.9 Å². The van der Waals surface area contributed by atoms with Crippen LogP contribution in [0.5, 0.6) is 0 Å². The lowest BCUT2D eigenvalue weighted by Gasteiger charge is -2.29. The van der Waals surface area contributed by atoms with Crippen molar-refractivity contribution in [2.75, 3.05) is 5.32 Å². The first-order chi connectivity index (χ1) is 12.5. The Kier molecular flexibility index (Phi) is 6.09. The fourth-order valence-electron chi connectivity index (χ4n) is 2.40. The summed E-state index contributed by atoms with van der Waals surface area (Å²) in [5, 5.41) is 3.33. The molecule has 0 radical (unpaired) electrons. The number of primary amides is 2. The number of anilines is 1. The second kappa shape index (κ2) is 7.95. The lowest BCUT2D eigenvalue weighted by atomic mass is 9.86. The summed E-state index contributed by atoms with van der Waals surface area (Å²) < 4.78 is 0. The third-order valence-corrected chi connectivity index (χ3v) is 4.26. The lowest BCUT2D eigenvalue weighted by Crippen LogP contribution is -2.45. The van der Waals surface area contributed by atoms with Crippen molar-refractivity contribution in [3.8, 4) is 0 Å². The molecule has 1 saturated carbocycles. The number of aliphatic imine (C=N–C) groups is 1. The van der Waals surface area contributed by atoms with Crippen molar-refractivity contribution in [3.63, 3.8) is 0 Å². The van der Waals surface area contributed by atoms with Crippen molar-refractivity contribution in [3.05, 3.63) is 23.7 Å². The summed E-state index contributed by atoms with van der Waals surface area (Å²) in [6.07, 6.45) is 5.08. The van der Waals surface area contributed by atoms with Crippen LogP contribution in [0, 0.1) is 11.3 Å². The van der Waals surface area contributed by atoms with Crippen LogP contribution in [0.3, 0.4) is 0 Å². The molecule has 0 saturated heterocycles. The summed E-state index contributed by atoms with van der Waals surface area (Å²) >= 11 is 3.36. The van der Waals surface area contributed by atoms with E-state index in [1.165, 1.54) is 6.20 Å². The molecule has 9 nitrogen and oxygen atoms in total. The average Bonchev–Trinajstić information content (AvgIpc) is 3.35. The minimum absolute atomic E-state index is 0.00877. The van der Waals surface area contributed by atoms with Crippen LogP contribution in [0.2, 0.25) is 0 Å². The molecule has 7 N–H and O–H groups in total. The number of allylic oxidation sites excluding steroid dienone is 1. The predicted molar refractivity (Wildman–Crippen MR) is 109 cm³/mol. The summed E-state index contributed by atoms with van der Waals surface area (Å²) in [5.74, 6) is -0.683. The van der Waals surface area contributed by atoms with E-state index in [9.17, 15) is 9.59 Å². The molecule has 1 aliphatic rings. The van der Waals surface area contributed by atoms with Crippen LogP contribution in [-0.2, 0) is 17.4 Å². The maximum Gasteiger partial charge on any atom is 0.271 e. The Morgan fingerprint density at radius 2 is 1.96 bits per heavy atom. The molecule has 0 aromatic carbocycles. The van der Waals surface area contributed by atoms with Gasteiger partial charge in [0.1, 0.15) is 11.9 Å². The quantitative estimate of drug-likeness (QED) is 0.294. The zero-order valence-corrected chi connectivity index (χ0v) is 16.6. The molecule has 0 aliphatic heterocycles. The SMILES string of the molecule is CC(C)(C)[C@@H](Nc1cnc(C(N)=O)c(N=C([SH2+])/C=C(\N)C2CC2)n1)C(N)=O. The van der Waals surface area contributed by atoms with Crippen LogP contribution >= 0.6 is 0 Å². The van der Waals surface area contributed by atoms with E-state index in [1.807, 2.05) is 20.8 Å². The van der Waals surface area contributed by atoms with E-state index in [-0.39, 0.29) is 17.3 Å². The van der Waals surface area contributed by atoms with E-state index < -0.39 is 23.3 Å². The molecule has 146 valence electrons. The molecule has 1 aliphatic carbocycles. The third-order valence-electron chi connectivity index (χ3n) is 4.01. The highest BCUT2D eigenvalue weighted by Gasteiger charge is 2.30. The van der Waals surface area contributed by atoms with Gasteiger partial charge in [0.25, 0.3) is 5.91 Å². The molecule has 1 aromatic heterocycles. The number of nitrogens with zero attached hydrogens (tertiary/aromatic N) is 3. The van der Waals surface area contributed by atoms with Crippen LogP contribution in [0.4, 0.5) is 11.6 Å². The topological polar surface area (TPSA) is 162 Å². The van der Waals surface area contributed by atoms with Gasteiger partial charge in [-0.1, -0.05) is 20.8 Å². The molecule has 1 aromatic rings. The minimum Gasteiger partial charge on any atom is -0.402 e. The highest BCUT2D eigenvalue weighted by Crippen LogP contribution is 2.33. The van der Waals surface area contributed by atoms with Crippen molar-refractivity contribution in [2.45, 2.75) is 39.7 Å². The first-order valence-corrected chi connectivity index (χ1v) is 8.99. The van der Waals surface area contributed by atoms with Crippen molar-refractivity contribution in [1.82, 2.24) is 9.97 Å². The van der Waals surface area contributed by atoms with Crippen LogP contribution in [-0.4, -0.2) is 32.9 Å². The van der Waals surface area contributed by atoms with E-state index in [4.69, 9.17) is 17.2 Å². The van der Waals surface area contributed by atoms with E-state index in [0.717, 1.165) is 12.8 Å². The molecule has 1 atom stereocenters. The average molecular weight is 393 g/mol. The number of hydrogen-bond donors (Lipinski definition) is 4. The predicted octanol–water partition coefficient (Wildman–Crippen LogP) is 0.182. The summed E-state index contributed by atoms with van der Waals surface area (Å²) in [7, 11) is 0. The molecule has 0 spiro atoms. The number of nitrogens with one attached hydrogen (secondary N) is 1. The molecule has 0 bridgehead atoms. The molecule has 0 unspecified atom stereocenters. The highest BCUT2D eigenvalue weighted by atomic mass is 32.1. The maximum absolute atomic E-state index is 11.8. The zero-order valence-electron chi connectivity index (χ0n) is 15.6. The lowest BCUT2D eigenvalue weighted by molar-refractivity contribution is -0.120. The summed E-state index contributed by atoms with van der Waals surface area (Å²) in [5.41, 5.74) is 16.9. The van der Waals surface area contributed by atoms with Gasteiger partial charge in [-0.15, -0.1) is 0 Å². The Bertz CT molecular complexity index is 810. The minimum atomic E-state index is -0.770. The van der Waals surface area contributed by atoms with Gasteiger partial charge in [-0.3, -0.25) is 9.59 Å². The number of amides is 2. The van der Waals surface area contributed by atoms with Gasteiger partial charge in [0, 0.05) is 24.4 Å². The monoisotopic (exact) mass is 392 g/mol. The number of aromatic nitrogens is 2. The van der Waals surface area contributed by atoms with Gasteiger partial charge >= 0.3 is 0 Å². The van der Waals surface area contributed by atoms with E-state index >= 15 is 0 Å². The smallest absolute Gasteiger partial charge is 0.271 e. The Hall–Kier alpha value is -2.62. The third kappa shape index (κ3) is 5.68. The molecular weight excluding hydrogens is 366 g/mol. The van der Waals surface area contributed by atoms with Crippen molar-refractivity contribution in [2.24, 2.45) is 33.5 Å². The van der Waals surface area contributed by atoms with E-state index in [1.54, 1.807) is 6.08 Å². The Balaban J connectivity index is 2.37. The fraction of sp³-hybridized carbons (Fsp3) is 0.471. The summed E-state index contributed by atoms with van der Waals surface area (Å²) in [6.45, 7) is 5.59. The Morgan fingerprint density at radius 1 is 1.33 bits per heavy atom. The van der Waals surface area contributed by atoms with Gasteiger partial charge in [-0.05, 0) is 24.2 Å². The summed E-state index contributed by atoms with van der Waals surface area (Å²) in [4.78, 5) is 35.9. The highest BCUT2D eigenvalue weighted by molar-refractivity contribution is 7.78. The van der Waals surface area contributed by atoms with E-state index in [0.29, 0.717) is 16.7 Å². The van der Waals surface area contributed by atoms with Gasteiger partial charge in [-0.25, -0.2) is 9.97 Å². The molecule has 10 heteroatoms. The van der Waals surface area contributed by atoms with Gasteiger partial charge in [-0.2, -0.15) is 4.99 Å². The number of nitrogens with two attached hydrogens (primary N) is 3. The Labute approximate surface area is 163 Å². The van der Waals surface area contributed by atoms with Gasteiger partial charge in [0.2, 0.25) is 11.0 Å². The normalized spacial score (nSPS) is 16.7. The second-order valence-corrected chi connectivity index (χ2v) is 8.07. The first-order valence-electron chi connectivity index (χ1n) is 8.49. The van der Waals surface area contributed by atoms with Gasteiger partial charge < -0.3 is 22.5 Å². The molecule has 1 heterocycles. The zero-order chi connectivity index (χ0) is 20.4. The molecule has 27 heavy (non-hydrogen) atoms. The fourth-order valence-corrected chi connectivity index (χ4v) is 2.67. The van der Waals surface area contributed by atoms with Crippen molar-refractivity contribution < 1.29 is 9.59 Å². The molecular formula is C17H26N7O2S+. The van der Waals surface area contributed by atoms with Gasteiger partial charge in [0.15, 0.2) is 11.5 Å². The van der Waals surface area contributed by atoms with Gasteiger partial charge in [0.05, 0.1) is 6.20 Å². The number of carbonyl (C=O) groups excluding carboxylic acids is 2. The largest absolute Gasteiger partial charge is 0.402 e. The van der Waals surface area contributed by atoms with Crippen LogP contribution in [0.25, 0.3) is 0 Å². The molecule has 1 fully saturated rings. The first kappa shape index (κ1) is 20.7. The number of hydrogen-bond acceptors (Lipinski definition) is 7.